The van der Waals surface area contributed by atoms with E-state index < -0.39 is 0 Å². The molecular weight excluding hydrogens is 230 g/mol. The number of aryl methyl sites for hydroxylation is 1. The molecule has 1 aromatic rings. The quantitative estimate of drug-likeness (QED) is 0.724. The third-order valence-corrected chi connectivity index (χ3v) is 2.83. The molecule has 0 aromatic carbocycles. The summed E-state index contributed by atoms with van der Waals surface area (Å²) < 4.78 is 2.94. The molecule has 1 aliphatic carbocycles. The van der Waals surface area contributed by atoms with Crippen LogP contribution in [0.5, 0.6) is 0 Å². The van der Waals surface area contributed by atoms with Crippen LogP contribution in [0.2, 0.25) is 0 Å². The fourth-order valence-corrected chi connectivity index (χ4v) is 2.21. The standard InChI is InChI=1S/C10H13BrNO/c1-7-5-9(11)6-12(13-2)10(7)8-3-4-8/h5-6,8H,3-4H2,1-2H3/q+1. The van der Waals surface area contributed by atoms with Gasteiger partial charge in [0.05, 0.1) is 4.47 Å². The van der Waals surface area contributed by atoms with E-state index in [0.29, 0.717) is 5.92 Å². The van der Waals surface area contributed by atoms with Crippen molar-refractivity contribution in [3.63, 3.8) is 0 Å². The summed E-state index contributed by atoms with van der Waals surface area (Å²) in [4.78, 5) is 5.29. The van der Waals surface area contributed by atoms with Crippen molar-refractivity contribution in [3.8, 4) is 0 Å². The average Bonchev–Trinajstić information content (AvgIpc) is 2.86. The molecule has 1 fully saturated rings. The average molecular weight is 243 g/mol. The number of rotatable bonds is 2. The smallest absolute Gasteiger partial charge is 0.240 e. The van der Waals surface area contributed by atoms with Crippen molar-refractivity contribution in [1.82, 2.24) is 0 Å². The normalized spacial score (nSPS) is 15.9. The zero-order chi connectivity index (χ0) is 9.42. The molecule has 13 heavy (non-hydrogen) atoms. The van der Waals surface area contributed by atoms with Gasteiger partial charge in [-0.3, -0.25) is 4.84 Å². The Bertz CT molecular complexity index is 334. The molecule has 1 saturated carbocycles. The number of hydrogen-bond acceptors (Lipinski definition) is 1. The minimum absolute atomic E-state index is 0.716. The van der Waals surface area contributed by atoms with Crippen LogP contribution in [0.3, 0.4) is 0 Å². The lowest BCUT2D eigenvalue weighted by molar-refractivity contribution is -0.891. The third kappa shape index (κ3) is 1.70. The fourth-order valence-electron chi connectivity index (χ4n) is 1.68. The van der Waals surface area contributed by atoms with Crippen molar-refractivity contribution in [2.45, 2.75) is 25.7 Å². The summed E-state index contributed by atoms with van der Waals surface area (Å²) in [5, 5.41) is 0. The van der Waals surface area contributed by atoms with Gasteiger partial charge in [-0.1, -0.05) is 0 Å². The molecule has 0 unspecified atom stereocenters. The van der Waals surface area contributed by atoms with Crippen LogP contribution >= 0.6 is 15.9 Å². The first-order chi connectivity index (χ1) is 6.22. The lowest BCUT2D eigenvalue weighted by Crippen LogP contribution is -2.44. The van der Waals surface area contributed by atoms with E-state index in [1.807, 2.05) is 10.9 Å². The van der Waals surface area contributed by atoms with Gasteiger partial charge in [-0.25, -0.2) is 0 Å². The van der Waals surface area contributed by atoms with Crippen molar-refractivity contribution in [3.05, 3.63) is 28.0 Å². The molecule has 2 nitrogen and oxygen atoms in total. The highest BCUT2D eigenvalue weighted by Crippen LogP contribution is 2.39. The van der Waals surface area contributed by atoms with Crippen LogP contribution in [-0.4, -0.2) is 7.11 Å². The maximum absolute atomic E-state index is 5.29. The molecule has 3 heteroatoms. The predicted molar refractivity (Wildman–Crippen MR) is 53.6 cm³/mol. The molecule has 0 N–H and O–H groups in total. The molecule has 1 aromatic heterocycles. The van der Waals surface area contributed by atoms with Gasteiger partial charge in [-0.15, -0.1) is 0 Å². The summed E-state index contributed by atoms with van der Waals surface area (Å²) in [7, 11) is 1.71. The molecule has 1 aliphatic rings. The number of hydrogen-bond donors (Lipinski definition) is 0. The Balaban J connectivity index is 2.50. The second kappa shape index (κ2) is 3.29. The minimum Gasteiger partial charge on any atom is -0.274 e. The Morgan fingerprint density at radius 2 is 2.23 bits per heavy atom. The third-order valence-electron chi connectivity index (χ3n) is 2.40. The first-order valence-corrected chi connectivity index (χ1v) is 5.28. The highest BCUT2D eigenvalue weighted by Gasteiger charge is 2.35. The van der Waals surface area contributed by atoms with Gasteiger partial charge in [0, 0.05) is 16.2 Å². The summed E-state index contributed by atoms with van der Waals surface area (Å²) in [5.74, 6) is 0.716. The topological polar surface area (TPSA) is 13.1 Å². The van der Waals surface area contributed by atoms with E-state index in [9.17, 15) is 0 Å². The van der Waals surface area contributed by atoms with Gasteiger partial charge in [-0.05, 0) is 41.8 Å². The molecule has 0 radical (unpaired) electrons. The first-order valence-electron chi connectivity index (χ1n) is 4.48. The van der Waals surface area contributed by atoms with Crippen LogP contribution in [0.1, 0.15) is 30.0 Å². The molecular formula is C10H13BrNO+. The largest absolute Gasteiger partial charge is 0.274 e. The van der Waals surface area contributed by atoms with Gasteiger partial charge in [0.2, 0.25) is 11.9 Å². The number of pyridine rings is 1. The molecule has 0 saturated heterocycles. The Morgan fingerprint density at radius 1 is 1.54 bits per heavy atom. The molecule has 1 heterocycles. The number of halogens is 1. The molecule has 0 aliphatic heterocycles. The summed E-state index contributed by atoms with van der Waals surface area (Å²) in [6, 6.07) is 2.14. The van der Waals surface area contributed by atoms with E-state index in [4.69, 9.17) is 4.84 Å². The van der Waals surface area contributed by atoms with E-state index in [1.165, 1.54) is 24.1 Å². The lowest BCUT2D eigenvalue weighted by Gasteiger charge is -2.02. The van der Waals surface area contributed by atoms with E-state index >= 15 is 0 Å². The number of nitrogens with zero attached hydrogens (tertiary/aromatic N) is 1. The van der Waals surface area contributed by atoms with Gasteiger partial charge in [0.15, 0.2) is 0 Å². The van der Waals surface area contributed by atoms with Crippen LogP contribution in [-0.2, 0) is 0 Å². The summed E-state index contributed by atoms with van der Waals surface area (Å²) in [6.45, 7) is 2.13. The lowest BCUT2D eigenvalue weighted by atomic mass is 10.1. The van der Waals surface area contributed by atoms with E-state index in [-0.39, 0.29) is 0 Å². The van der Waals surface area contributed by atoms with Crippen LogP contribution in [0, 0.1) is 6.92 Å². The summed E-state index contributed by atoms with van der Waals surface area (Å²) >= 11 is 3.46. The van der Waals surface area contributed by atoms with Crippen LogP contribution in [0.25, 0.3) is 0 Å². The molecule has 0 atom stereocenters. The first kappa shape index (κ1) is 9.00. The van der Waals surface area contributed by atoms with Crippen molar-refractivity contribution >= 4 is 15.9 Å². The molecule has 2 rings (SSSR count). The van der Waals surface area contributed by atoms with E-state index in [1.54, 1.807) is 7.11 Å². The van der Waals surface area contributed by atoms with Crippen LogP contribution in [0.4, 0.5) is 0 Å². The fraction of sp³-hybridized carbons (Fsp3) is 0.500. The molecule has 70 valence electrons. The second-order valence-corrected chi connectivity index (χ2v) is 4.42. The molecule has 0 spiro atoms. The van der Waals surface area contributed by atoms with Crippen LogP contribution < -0.4 is 9.57 Å². The van der Waals surface area contributed by atoms with Gasteiger partial charge in [-0.2, -0.15) is 0 Å². The van der Waals surface area contributed by atoms with Crippen molar-refractivity contribution in [1.29, 1.82) is 0 Å². The maximum atomic E-state index is 5.29. The van der Waals surface area contributed by atoms with Crippen molar-refractivity contribution < 1.29 is 9.57 Å². The van der Waals surface area contributed by atoms with Gasteiger partial charge in [0.25, 0.3) is 0 Å². The van der Waals surface area contributed by atoms with Gasteiger partial charge >= 0.3 is 0 Å². The molecule has 0 amide bonds. The molecule has 0 bridgehead atoms. The predicted octanol–water partition coefficient (Wildman–Crippen LogP) is 1.98. The highest BCUT2D eigenvalue weighted by atomic mass is 79.9. The number of aromatic nitrogens is 1. The van der Waals surface area contributed by atoms with E-state index in [2.05, 4.69) is 28.9 Å². The second-order valence-electron chi connectivity index (χ2n) is 3.51. The highest BCUT2D eigenvalue weighted by molar-refractivity contribution is 9.10. The maximum Gasteiger partial charge on any atom is 0.240 e. The summed E-state index contributed by atoms with van der Waals surface area (Å²) in [6.07, 6.45) is 4.57. The minimum atomic E-state index is 0.716. The van der Waals surface area contributed by atoms with Gasteiger partial charge in [0.1, 0.15) is 7.11 Å². The van der Waals surface area contributed by atoms with Gasteiger partial charge < -0.3 is 0 Å². The zero-order valence-corrected chi connectivity index (χ0v) is 9.47. The Morgan fingerprint density at radius 3 is 2.77 bits per heavy atom. The summed E-state index contributed by atoms with van der Waals surface area (Å²) in [5.41, 5.74) is 2.63. The van der Waals surface area contributed by atoms with Crippen LogP contribution in [0.15, 0.2) is 16.7 Å². The SMILES string of the molecule is CO[n+]1cc(Br)cc(C)c1C1CC1. The monoisotopic (exact) mass is 242 g/mol. The van der Waals surface area contributed by atoms with Crippen molar-refractivity contribution in [2.24, 2.45) is 0 Å². The Labute approximate surface area is 86.6 Å². The Kier molecular flexibility index (Phi) is 2.28. The zero-order valence-electron chi connectivity index (χ0n) is 7.88. The Hall–Kier alpha value is -0.570. The van der Waals surface area contributed by atoms with E-state index in [0.717, 1.165) is 4.47 Å². The van der Waals surface area contributed by atoms with Crippen molar-refractivity contribution in [2.75, 3.05) is 7.11 Å².